The largest absolute Gasteiger partial charge is 1.00 e. The molecule has 0 aliphatic rings. The molecule has 4 N–H and O–H groups in total. The van der Waals surface area contributed by atoms with Crippen LogP contribution in [-0.4, -0.2) is 44.3 Å². The number of hydrogen-bond donors (Lipinski definition) is 2. The zero-order valence-electron chi connectivity index (χ0n) is 33.3. The van der Waals surface area contributed by atoms with Crippen molar-refractivity contribution in [3.63, 3.8) is 0 Å². The van der Waals surface area contributed by atoms with Gasteiger partial charge in [-0.1, -0.05) is 18.2 Å². The maximum atomic E-state index is 12.3. The molecule has 6 rings (SSSR count). The van der Waals surface area contributed by atoms with Crippen molar-refractivity contribution >= 4 is 97.9 Å². The Balaban J connectivity index is 0.00000372. The molecule has 12 nitrogen and oxygen atoms in total. The Morgan fingerprint density at radius 1 is 0.603 bits per heavy atom. The van der Waals surface area contributed by atoms with Crippen LogP contribution in [0, 0.1) is 0 Å². The number of azo groups is 2. The summed E-state index contributed by atoms with van der Waals surface area (Å²) in [6, 6.07) is 28.9. The number of unbranched alkanes of at least 4 members (excludes halogenated alkanes) is 2. The van der Waals surface area contributed by atoms with Gasteiger partial charge in [0.25, 0.3) is 0 Å². The second-order valence-electron chi connectivity index (χ2n) is 14.1. The zero-order chi connectivity index (χ0) is 40.3. The molecule has 6 aromatic carbocycles. The molecule has 6 aromatic rings. The van der Waals surface area contributed by atoms with Crippen molar-refractivity contribution in [2.75, 3.05) is 11.5 Å². The first-order chi connectivity index (χ1) is 26.6. The van der Waals surface area contributed by atoms with Crippen LogP contribution in [0.5, 0.6) is 0 Å². The molecule has 290 valence electrons. The van der Waals surface area contributed by atoms with Crippen LogP contribution in [0.4, 0.5) is 34.1 Å². The standard InChI is InChI=1S/C32H23N6O6S2.2C4H9.CH3.2Na.Sn/c33-27-17-29(32(46(42,43)44)26-8-4-1-5-23(26)27)38-36-22-15-11-20(12-16-22)19-9-13-21(14-10-19)35-37-28-18-30(45(39,40)41)24-6-2-3-7-25(24)31(28)34;2*1-3-4-2;;;;/h1-9,11-18H,33-34H2,(H,39,40,41)(H,42,43,44);2*1,3-4H2,2H3;1H3;;;/q;;;;2*+1;/p-2. The van der Waals surface area contributed by atoms with Crippen LogP contribution in [0.25, 0.3) is 32.7 Å². The van der Waals surface area contributed by atoms with E-state index in [2.05, 4.69) is 45.3 Å². The first-order valence-electron chi connectivity index (χ1n) is 18.3. The molecule has 0 saturated heterocycles. The molecule has 58 heavy (non-hydrogen) atoms. The fraction of sp³-hybridized carbons (Fsp3) is 0.220. The molecule has 0 fully saturated rings. The van der Waals surface area contributed by atoms with Gasteiger partial charge >= 0.3 is 374 Å². The Labute approximate surface area is 388 Å². The third-order valence-corrected chi connectivity index (χ3v) is 25.1. The van der Waals surface area contributed by atoms with E-state index in [9.17, 15) is 25.9 Å². The van der Waals surface area contributed by atoms with Crippen molar-refractivity contribution < 1.29 is 85.1 Å². The third kappa shape index (κ3) is 10.8. The van der Waals surface area contributed by atoms with Crippen molar-refractivity contribution in [2.24, 2.45) is 20.5 Å². The summed E-state index contributed by atoms with van der Waals surface area (Å²) in [7, 11) is -9.73. The van der Waals surface area contributed by atoms with E-state index < -0.39 is 48.4 Å². The predicted molar refractivity (Wildman–Crippen MR) is 224 cm³/mol. The van der Waals surface area contributed by atoms with Gasteiger partial charge in [-0.3, -0.25) is 0 Å². The first kappa shape index (κ1) is 47.9. The number of nitrogens with zero attached hydrogens (tertiary/aromatic N) is 4. The number of nitrogen functional groups attached to an aromatic ring is 2. The Morgan fingerprint density at radius 2 is 1.14 bits per heavy atom. The molecule has 17 heteroatoms. The number of rotatable bonds is 14. The molecule has 0 unspecified atom stereocenters. The van der Waals surface area contributed by atoms with Crippen LogP contribution in [-0.2, 0) is 20.2 Å². The summed E-state index contributed by atoms with van der Waals surface area (Å²) in [6.45, 7) is 4.38. The third-order valence-electron chi connectivity index (χ3n) is 10.1. The van der Waals surface area contributed by atoms with Gasteiger partial charge in [-0.15, -0.1) is 0 Å². The topological polar surface area (TPSA) is 216 Å². The molecule has 0 spiro atoms. The zero-order valence-corrected chi connectivity index (χ0v) is 41.8. The molecule has 0 aliphatic heterocycles. The maximum absolute atomic E-state index is 12.3. The van der Waals surface area contributed by atoms with Crippen LogP contribution in [0.1, 0.15) is 39.5 Å². The van der Waals surface area contributed by atoms with Gasteiger partial charge in [0, 0.05) is 0 Å². The Hall–Kier alpha value is -2.74. The molecule has 0 heterocycles. The Morgan fingerprint density at radius 3 is 1.72 bits per heavy atom. The van der Waals surface area contributed by atoms with E-state index in [1.165, 1.54) is 27.8 Å². The number of benzene rings is 6. The van der Waals surface area contributed by atoms with Gasteiger partial charge in [-0.25, -0.2) is 0 Å². The second-order valence-corrected chi connectivity index (χ2v) is 30.0. The van der Waals surface area contributed by atoms with Crippen molar-refractivity contribution in [1.29, 1.82) is 0 Å². The van der Waals surface area contributed by atoms with Crippen LogP contribution in [0.15, 0.2) is 133 Å². The Bertz CT molecular complexity index is 2730. The van der Waals surface area contributed by atoms with Gasteiger partial charge in [-0.2, -0.15) is 0 Å². The summed E-state index contributed by atoms with van der Waals surface area (Å²) >= 11 is -3.09. The van der Waals surface area contributed by atoms with Crippen LogP contribution in [0.2, 0.25) is 13.8 Å². The maximum Gasteiger partial charge on any atom is 1.00 e. The molecule has 0 amide bonds. The minimum Gasteiger partial charge on any atom is 1.00 e. The van der Waals surface area contributed by atoms with E-state index in [0.29, 0.717) is 22.1 Å². The number of fused-ring (bicyclic) bond motifs is 2. The van der Waals surface area contributed by atoms with Gasteiger partial charge in [0.1, 0.15) is 0 Å². The average molecular weight is 944 g/mol. The van der Waals surface area contributed by atoms with Gasteiger partial charge in [-0.05, 0) is 0 Å². The number of hydrogen-bond acceptors (Lipinski definition) is 12. The fourth-order valence-corrected chi connectivity index (χ4v) is 21.3. The second kappa shape index (κ2) is 20.2. The van der Waals surface area contributed by atoms with E-state index in [0.717, 1.165) is 45.7 Å². The molecule has 0 radical (unpaired) electrons. The number of nitrogens with two attached hydrogens (primary N) is 2. The summed E-state index contributed by atoms with van der Waals surface area (Å²) in [6.07, 6.45) is 4.33. The minimum absolute atomic E-state index is 0. The molecule has 0 bridgehead atoms. The molecule has 0 saturated carbocycles. The van der Waals surface area contributed by atoms with E-state index >= 15 is 0 Å². The first-order valence-corrected chi connectivity index (χ1v) is 29.4. The van der Waals surface area contributed by atoms with Crippen molar-refractivity contribution in [2.45, 2.75) is 63.1 Å². The summed E-state index contributed by atoms with van der Waals surface area (Å²) in [5.74, 6) is 0. The summed E-state index contributed by atoms with van der Waals surface area (Å²) in [5.41, 5.74) is 16.1. The summed E-state index contributed by atoms with van der Waals surface area (Å²) < 4.78 is 77.2. The van der Waals surface area contributed by atoms with Crippen LogP contribution >= 0.6 is 0 Å². The van der Waals surface area contributed by atoms with Crippen molar-refractivity contribution in [3.8, 4) is 11.1 Å². The van der Waals surface area contributed by atoms with Crippen LogP contribution < -0.4 is 74.2 Å². The van der Waals surface area contributed by atoms with Crippen molar-refractivity contribution in [1.82, 2.24) is 0 Å². The monoisotopic (exact) mass is 944 g/mol. The van der Waals surface area contributed by atoms with E-state index in [1.807, 2.05) is 24.3 Å². The van der Waals surface area contributed by atoms with Crippen molar-refractivity contribution in [3.05, 3.63) is 103 Å². The normalized spacial score (nSPS) is 12.3. The fourth-order valence-electron chi connectivity index (χ4n) is 7.14. The SMILES string of the molecule is CCC[CH2][Sn]([CH3])([CH2]CCC)[c]1cc(N=Nc2cc(S(=O)(=O)[O-])c3ccccc3c2N)ccc1-c1ccc(N=Nc2cc(N)c3ccccc3c2S(=O)(=O)[O-])cc1.[Na+].[Na+]. The summed E-state index contributed by atoms with van der Waals surface area (Å²) in [5, 5.41) is 18.6. The molecule has 0 atom stereocenters. The Kier molecular flexibility index (Phi) is 16.7. The van der Waals surface area contributed by atoms with E-state index in [4.69, 9.17) is 11.5 Å². The average Bonchev–Trinajstić information content (AvgIpc) is 3.17. The quantitative estimate of drug-likeness (QED) is 0.0691. The van der Waals surface area contributed by atoms with Gasteiger partial charge in [0.15, 0.2) is 0 Å². The molecular weight excluding hydrogens is 901 g/mol. The summed E-state index contributed by atoms with van der Waals surface area (Å²) in [4.78, 5) is 1.58. The minimum atomic E-state index is -4.91. The van der Waals surface area contributed by atoms with E-state index in [-0.39, 0.29) is 92.6 Å². The molecule has 0 aliphatic carbocycles. The smallest absolute Gasteiger partial charge is 1.00 e. The molecule has 0 aromatic heterocycles. The molecular formula is C41H42N6Na2O6S2Sn. The van der Waals surface area contributed by atoms with Gasteiger partial charge in [0.2, 0.25) is 0 Å². The predicted octanol–water partition coefficient (Wildman–Crippen LogP) is 4.36. The van der Waals surface area contributed by atoms with Gasteiger partial charge in [0.05, 0.1) is 0 Å². The van der Waals surface area contributed by atoms with E-state index in [1.54, 1.807) is 48.5 Å². The number of anilines is 2. The van der Waals surface area contributed by atoms with Gasteiger partial charge < -0.3 is 0 Å². The van der Waals surface area contributed by atoms with Crippen LogP contribution in [0.3, 0.4) is 0 Å².